The fourth-order valence-electron chi connectivity index (χ4n) is 0.664. The standard InChI is InChI=1S/C7H12O5/c1-5(3-6(8)9)12-7(10)4-11-2/h5H,3-4H2,1-2H3,(H,8,9). The predicted molar refractivity (Wildman–Crippen MR) is 39.7 cm³/mol. The van der Waals surface area contributed by atoms with E-state index in [0.717, 1.165) is 0 Å². The fourth-order valence-corrected chi connectivity index (χ4v) is 0.664. The Morgan fingerprint density at radius 1 is 1.50 bits per heavy atom. The molecular formula is C7H12O5. The van der Waals surface area contributed by atoms with Crippen LogP contribution >= 0.6 is 0 Å². The molecular weight excluding hydrogens is 164 g/mol. The molecule has 1 N–H and O–H groups in total. The zero-order valence-corrected chi connectivity index (χ0v) is 7.07. The van der Waals surface area contributed by atoms with Crippen LogP contribution in [0, 0.1) is 0 Å². The molecule has 0 aliphatic heterocycles. The van der Waals surface area contributed by atoms with Crippen molar-refractivity contribution in [2.75, 3.05) is 13.7 Å². The van der Waals surface area contributed by atoms with Crippen molar-refractivity contribution in [3.8, 4) is 0 Å². The molecule has 0 spiro atoms. The van der Waals surface area contributed by atoms with E-state index >= 15 is 0 Å². The average molecular weight is 176 g/mol. The largest absolute Gasteiger partial charge is 0.481 e. The van der Waals surface area contributed by atoms with Gasteiger partial charge in [0.25, 0.3) is 0 Å². The Morgan fingerprint density at radius 2 is 2.08 bits per heavy atom. The molecule has 0 heterocycles. The number of hydrogen-bond donors (Lipinski definition) is 1. The van der Waals surface area contributed by atoms with Crippen molar-refractivity contribution in [2.45, 2.75) is 19.4 Å². The van der Waals surface area contributed by atoms with Crippen LogP contribution in [0.2, 0.25) is 0 Å². The summed E-state index contributed by atoms with van der Waals surface area (Å²) in [5, 5.41) is 8.30. The van der Waals surface area contributed by atoms with Crippen LogP contribution in [0.15, 0.2) is 0 Å². The quantitative estimate of drug-likeness (QED) is 0.598. The van der Waals surface area contributed by atoms with E-state index in [2.05, 4.69) is 9.47 Å². The van der Waals surface area contributed by atoms with Gasteiger partial charge in [-0.05, 0) is 6.92 Å². The summed E-state index contributed by atoms with van der Waals surface area (Å²) in [4.78, 5) is 20.8. The van der Waals surface area contributed by atoms with Crippen LogP contribution in [0.3, 0.4) is 0 Å². The third-order valence-electron chi connectivity index (χ3n) is 1.06. The third kappa shape index (κ3) is 5.67. The lowest BCUT2D eigenvalue weighted by Crippen LogP contribution is -2.21. The lowest BCUT2D eigenvalue weighted by atomic mass is 10.3. The topological polar surface area (TPSA) is 72.8 Å². The summed E-state index contributed by atoms with van der Waals surface area (Å²) < 4.78 is 9.14. The number of aliphatic carboxylic acids is 1. The van der Waals surface area contributed by atoms with Crippen LogP contribution in [-0.4, -0.2) is 36.9 Å². The molecule has 0 radical (unpaired) electrons. The minimum Gasteiger partial charge on any atom is -0.481 e. The smallest absolute Gasteiger partial charge is 0.332 e. The second-order valence-electron chi connectivity index (χ2n) is 2.33. The summed E-state index contributed by atoms with van der Waals surface area (Å²) in [6.45, 7) is 1.37. The zero-order chi connectivity index (χ0) is 9.56. The molecule has 5 heteroatoms. The van der Waals surface area contributed by atoms with Crippen LogP contribution < -0.4 is 0 Å². The molecule has 0 saturated heterocycles. The van der Waals surface area contributed by atoms with Gasteiger partial charge in [-0.25, -0.2) is 4.79 Å². The summed E-state index contributed by atoms with van der Waals surface area (Å²) in [6, 6.07) is 0. The summed E-state index contributed by atoms with van der Waals surface area (Å²) >= 11 is 0. The number of carbonyl (C=O) groups excluding carboxylic acids is 1. The van der Waals surface area contributed by atoms with Crippen LogP contribution in [-0.2, 0) is 19.1 Å². The van der Waals surface area contributed by atoms with E-state index in [9.17, 15) is 9.59 Å². The first-order valence-electron chi connectivity index (χ1n) is 3.46. The SMILES string of the molecule is COCC(=O)OC(C)CC(=O)O. The second kappa shape index (κ2) is 5.54. The van der Waals surface area contributed by atoms with Crippen LogP contribution in [0.5, 0.6) is 0 Å². The third-order valence-corrected chi connectivity index (χ3v) is 1.06. The van der Waals surface area contributed by atoms with Crippen molar-refractivity contribution in [3.63, 3.8) is 0 Å². The maximum Gasteiger partial charge on any atom is 0.332 e. The molecule has 0 aromatic rings. The summed E-state index contributed by atoms with van der Waals surface area (Å²) in [5.74, 6) is -1.54. The first-order chi connectivity index (χ1) is 5.56. The van der Waals surface area contributed by atoms with Gasteiger partial charge >= 0.3 is 11.9 Å². The van der Waals surface area contributed by atoms with E-state index in [1.807, 2.05) is 0 Å². The van der Waals surface area contributed by atoms with Crippen molar-refractivity contribution >= 4 is 11.9 Å². The van der Waals surface area contributed by atoms with Crippen LogP contribution in [0.1, 0.15) is 13.3 Å². The molecule has 0 fully saturated rings. The second-order valence-corrected chi connectivity index (χ2v) is 2.33. The van der Waals surface area contributed by atoms with Gasteiger partial charge in [-0.15, -0.1) is 0 Å². The van der Waals surface area contributed by atoms with Crippen molar-refractivity contribution in [2.24, 2.45) is 0 Å². The Labute approximate surface area is 70.3 Å². The summed E-state index contributed by atoms with van der Waals surface area (Å²) in [7, 11) is 1.36. The molecule has 0 aromatic carbocycles. The minimum atomic E-state index is -0.993. The maximum absolute atomic E-state index is 10.7. The Balaban J connectivity index is 3.61. The van der Waals surface area contributed by atoms with Crippen molar-refractivity contribution in [1.29, 1.82) is 0 Å². The molecule has 0 saturated carbocycles. The Hall–Kier alpha value is -1.10. The molecule has 12 heavy (non-hydrogen) atoms. The lowest BCUT2D eigenvalue weighted by Gasteiger charge is -2.09. The van der Waals surface area contributed by atoms with Gasteiger partial charge in [-0.2, -0.15) is 0 Å². The van der Waals surface area contributed by atoms with Gasteiger partial charge in [0.2, 0.25) is 0 Å². The molecule has 1 atom stereocenters. The molecule has 0 amide bonds. The summed E-state index contributed by atoms with van der Waals surface area (Å²) in [5.41, 5.74) is 0. The van der Waals surface area contributed by atoms with Gasteiger partial charge in [-0.3, -0.25) is 4.79 Å². The molecule has 0 rings (SSSR count). The molecule has 0 aliphatic carbocycles. The highest BCUT2D eigenvalue weighted by Crippen LogP contribution is 1.97. The number of carboxylic acid groups (broad SMARTS) is 1. The molecule has 0 aliphatic rings. The number of carboxylic acids is 1. The van der Waals surface area contributed by atoms with E-state index in [-0.39, 0.29) is 13.0 Å². The zero-order valence-electron chi connectivity index (χ0n) is 7.07. The summed E-state index contributed by atoms with van der Waals surface area (Å²) in [6.07, 6.45) is -0.791. The molecule has 0 bridgehead atoms. The van der Waals surface area contributed by atoms with Gasteiger partial charge in [0.1, 0.15) is 12.7 Å². The number of esters is 1. The van der Waals surface area contributed by atoms with E-state index in [1.165, 1.54) is 14.0 Å². The Kier molecular flexibility index (Phi) is 5.03. The highest BCUT2D eigenvalue weighted by Gasteiger charge is 2.12. The lowest BCUT2D eigenvalue weighted by molar-refractivity contribution is -0.155. The van der Waals surface area contributed by atoms with Gasteiger partial charge in [0, 0.05) is 7.11 Å². The highest BCUT2D eigenvalue weighted by molar-refractivity contribution is 5.72. The highest BCUT2D eigenvalue weighted by atomic mass is 16.6. The van der Waals surface area contributed by atoms with Gasteiger partial charge < -0.3 is 14.6 Å². The van der Waals surface area contributed by atoms with Crippen LogP contribution in [0.25, 0.3) is 0 Å². The first-order valence-corrected chi connectivity index (χ1v) is 3.46. The van der Waals surface area contributed by atoms with Crippen molar-refractivity contribution < 1.29 is 24.2 Å². The maximum atomic E-state index is 10.7. The van der Waals surface area contributed by atoms with Crippen molar-refractivity contribution in [1.82, 2.24) is 0 Å². The fraction of sp³-hybridized carbons (Fsp3) is 0.714. The molecule has 70 valence electrons. The number of carbonyl (C=O) groups is 2. The molecule has 0 aromatic heterocycles. The minimum absolute atomic E-state index is 0.149. The van der Waals surface area contributed by atoms with E-state index in [0.29, 0.717) is 0 Å². The van der Waals surface area contributed by atoms with Crippen LogP contribution in [0.4, 0.5) is 0 Å². The normalized spacial score (nSPS) is 12.2. The van der Waals surface area contributed by atoms with E-state index in [4.69, 9.17) is 5.11 Å². The monoisotopic (exact) mass is 176 g/mol. The number of ether oxygens (including phenoxy) is 2. The number of rotatable bonds is 5. The number of methoxy groups -OCH3 is 1. The van der Waals surface area contributed by atoms with Crippen molar-refractivity contribution in [3.05, 3.63) is 0 Å². The number of hydrogen-bond acceptors (Lipinski definition) is 4. The van der Waals surface area contributed by atoms with Gasteiger partial charge in [0.05, 0.1) is 6.42 Å². The van der Waals surface area contributed by atoms with Gasteiger partial charge in [0.15, 0.2) is 0 Å². The van der Waals surface area contributed by atoms with E-state index < -0.39 is 18.0 Å². The van der Waals surface area contributed by atoms with Gasteiger partial charge in [-0.1, -0.05) is 0 Å². The Bertz CT molecular complexity index is 165. The Morgan fingerprint density at radius 3 is 2.50 bits per heavy atom. The predicted octanol–water partition coefficient (Wildman–Crippen LogP) is 0.0392. The van der Waals surface area contributed by atoms with E-state index in [1.54, 1.807) is 0 Å². The molecule has 5 nitrogen and oxygen atoms in total. The average Bonchev–Trinajstić information content (AvgIpc) is 1.84. The molecule has 1 unspecified atom stereocenters. The first kappa shape index (κ1) is 10.9.